The maximum atomic E-state index is 10.5. The van der Waals surface area contributed by atoms with Gasteiger partial charge in [0.1, 0.15) is 0 Å². The van der Waals surface area contributed by atoms with Crippen molar-refractivity contribution in [3.05, 3.63) is 26.1 Å². The summed E-state index contributed by atoms with van der Waals surface area (Å²) in [4.78, 5) is 10.5. The van der Waals surface area contributed by atoms with E-state index in [2.05, 4.69) is 42.5 Å². The number of benzene rings is 1. The molecule has 86 valence electrons. The molecule has 5 nitrogen and oxygen atoms in total. The van der Waals surface area contributed by atoms with Gasteiger partial charge in [-0.25, -0.2) is 4.79 Å². The molecule has 0 unspecified atom stereocenters. The topological polar surface area (TPSA) is 91.0 Å². The van der Waals surface area contributed by atoms with Crippen LogP contribution in [0.1, 0.15) is 0 Å². The Bertz CT molecular complexity index is 429. The van der Waals surface area contributed by atoms with Crippen molar-refractivity contribution in [2.45, 2.75) is 0 Å². The third-order valence-electron chi connectivity index (χ3n) is 1.51. The number of urea groups is 1. The van der Waals surface area contributed by atoms with Crippen LogP contribution in [0.25, 0.3) is 0 Å². The van der Waals surface area contributed by atoms with E-state index in [-0.39, 0.29) is 5.96 Å². The third-order valence-corrected chi connectivity index (χ3v) is 2.89. The lowest BCUT2D eigenvalue weighted by Gasteiger charge is -2.11. The minimum absolute atomic E-state index is 0.252. The van der Waals surface area contributed by atoms with Crippen LogP contribution in [0.2, 0.25) is 5.02 Å². The SMILES string of the molecule is N=C(NC(N)=O)Nc1c(Cl)cc(Br)cc1Br. The van der Waals surface area contributed by atoms with Crippen LogP contribution in [0.4, 0.5) is 10.5 Å². The first-order valence-electron chi connectivity index (χ1n) is 3.96. The largest absolute Gasteiger partial charge is 0.351 e. The first-order valence-corrected chi connectivity index (χ1v) is 5.93. The van der Waals surface area contributed by atoms with Gasteiger partial charge in [0.2, 0.25) is 5.96 Å². The number of nitrogens with two attached hydrogens (primary N) is 1. The molecule has 0 saturated heterocycles. The van der Waals surface area contributed by atoms with Gasteiger partial charge in [-0.15, -0.1) is 0 Å². The Labute approximate surface area is 113 Å². The molecule has 1 rings (SSSR count). The third kappa shape index (κ3) is 3.66. The molecule has 0 aliphatic carbocycles. The lowest BCUT2D eigenvalue weighted by Crippen LogP contribution is -2.38. The highest BCUT2D eigenvalue weighted by Crippen LogP contribution is 2.33. The van der Waals surface area contributed by atoms with Gasteiger partial charge >= 0.3 is 6.03 Å². The first-order chi connectivity index (χ1) is 7.40. The molecule has 0 saturated carbocycles. The average molecular weight is 370 g/mol. The molecule has 0 aliphatic heterocycles. The number of carbonyl (C=O) groups is 1. The highest BCUT2D eigenvalue weighted by Gasteiger charge is 2.09. The van der Waals surface area contributed by atoms with Crippen LogP contribution >= 0.6 is 43.5 Å². The van der Waals surface area contributed by atoms with Crippen LogP contribution in [-0.2, 0) is 0 Å². The number of rotatable bonds is 1. The molecule has 0 aromatic heterocycles. The van der Waals surface area contributed by atoms with E-state index >= 15 is 0 Å². The lowest BCUT2D eigenvalue weighted by atomic mass is 10.3. The number of nitrogens with one attached hydrogen (secondary N) is 3. The molecule has 8 heteroatoms. The highest BCUT2D eigenvalue weighted by molar-refractivity contribution is 9.11. The normalized spacial score (nSPS) is 9.69. The Morgan fingerprint density at radius 3 is 2.56 bits per heavy atom. The van der Waals surface area contributed by atoms with Crippen LogP contribution in [0, 0.1) is 5.41 Å². The molecule has 0 atom stereocenters. The maximum Gasteiger partial charge on any atom is 0.318 e. The van der Waals surface area contributed by atoms with Gasteiger partial charge in [-0.2, -0.15) is 0 Å². The van der Waals surface area contributed by atoms with Crippen LogP contribution in [0.3, 0.4) is 0 Å². The van der Waals surface area contributed by atoms with E-state index in [1.54, 1.807) is 12.1 Å². The predicted octanol–water partition coefficient (Wildman–Crippen LogP) is 2.88. The van der Waals surface area contributed by atoms with Crippen molar-refractivity contribution in [1.82, 2.24) is 5.32 Å². The summed E-state index contributed by atoms with van der Waals surface area (Å²) in [5, 5.41) is 12.5. The number of hydrogen-bond donors (Lipinski definition) is 4. The van der Waals surface area contributed by atoms with Crippen LogP contribution in [0.5, 0.6) is 0 Å². The molecule has 0 aliphatic rings. The second-order valence-electron chi connectivity index (χ2n) is 2.73. The molecular formula is C8H7Br2ClN4O. The Morgan fingerprint density at radius 1 is 1.44 bits per heavy atom. The number of amides is 2. The van der Waals surface area contributed by atoms with E-state index in [1.807, 2.05) is 0 Å². The van der Waals surface area contributed by atoms with Crippen molar-refractivity contribution in [2.75, 3.05) is 5.32 Å². The summed E-state index contributed by atoms with van der Waals surface area (Å²) < 4.78 is 1.45. The number of carbonyl (C=O) groups excluding carboxylic acids is 1. The van der Waals surface area contributed by atoms with Gasteiger partial charge in [0, 0.05) is 8.95 Å². The quantitative estimate of drug-likeness (QED) is 0.452. The van der Waals surface area contributed by atoms with Gasteiger partial charge < -0.3 is 11.1 Å². The zero-order chi connectivity index (χ0) is 12.3. The van der Waals surface area contributed by atoms with E-state index < -0.39 is 6.03 Å². The highest BCUT2D eigenvalue weighted by atomic mass is 79.9. The van der Waals surface area contributed by atoms with Crippen LogP contribution < -0.4 is 16.4 Å². The fourth-order valence-corrected chi connectivity index (χ4v) is 2.78. The standard InChI is InChI=1S/C8H7Br2ClN4O/c9-3-1-4(10)6(5(11)2-3)14-7(12)15-8(13)16/h1-2H,(H5,12,13,14,15,16). The van der Waals surface area contributed by atoms with Crippen molar-refractivity contribution in [3.63, 3.8) is 0 Å². The summed E-state index contributed by atoms with van der Waals surface area (Å²) in [5.41, 5.74) is 5.34. The van der Waals surface area contributed by atoms with Gasteiger partial charge in [-0.3, -0.25) is 10.7 Å². The van der Waals surface area contributed by atoms with Crippen molar-refractivity contribution in [3.8, 4) is 0 Å². The summed E-state index contributed by atoms with van der Waals surface area (Å²) in [7, 11) is 0. The van der Waals surface area contributed by atoms with Crippen molar-refractivity contribution in [1.29, 1.82) is 5.41 Å². The number of primary amides is 1. The minimum Gasteiger partial charge on any atom is -0.351 e. The molecule has 2 amide bonds. The predicted molar refractivity (Wildman–Crippen MR) is 70.9 cm³/mol. The number of guanidine groups is 1. The molecule has 16 heavy (non-hydrogen) atoms. The molecule has 0 radical (unpaired) electrons. The summed E-state index contributed by atoms with van der Waals surface area (Å²) in [6, 6.07) is 2.60. The molecule has 1 aromatic carbocycles. The summed E-state index contributed by atoms with van der Waals surface area (Å²) in [6.07, 6.45) is 0. The smallest absolute Gasteiger partial charge is 0.318 e. The second kappa shape index (κ2) is 5.51. The van der Waals surface area contributed by atoms with Crippen LogP contribution in [-0.4, -0.2) is 12.0 Å². The maximum absolute atomic E-state index is 10.5. The molecule has 5 N–H and O–H groups in total. The van der Waals surface area contributed by atoms with Crippen LogP contribution in [0.15, 0.2) is 21.1 Å². The van der Waals surface area contributed by atoms with Gasteiger partial charge in [0.15, 0.2) is 0 Å². The van der Waals surface area contributed by atoms with E-state index in [0.717, 1.165) is 4.47 Å². The zero-order valence-electron chi connectivity index (χ0n) is 7.77. The van der Waals surface area contributed by atoms with E-state index in [0.29, 0.717) is 15.2 Å². The molecule has 0 bridgehead atoms. The molecular weight excluding hydrogens is 363 g/mol. The molecule has 1 aromatic rings. The minimum atomic E-state index is -0.818. The Kier molecular flexibility index (Phi) is 4.57. The summed E-state index contributed by atoms with van der Waals surface area (Å²) in [6.45, 7) is 0. The van der Waals surface area contributed by atoms with Gasteiger partial charge in [-0.05, 0) is 28.1 Å². The summed E-state index contributed by atoms with van der Waals surface area (Å²) in [5.74, 6) is -0.252. The number of halogens is 3. The molecule has 0 spiro atoms. The summed E-state index contributed by atoms with van der Waals surface area (Å²) >= 11 is 12.5. The Hall–Kier alpha value is -0.790. The van der Waals surface area contributed by atoms with Crippen molar-refractivity contribution < 1.29 is 4.79 Å². The van der Waals surface area contributed by atoms with Crippen molar-refractivity contribution in [2.24, 2.45) is 5.73 Å². The Morgan fingerprint density at radius 2 is 2.06 bits per heavy atom. The number of hydrogen-bond acceptors (Lipinski definition) is 2. The van der Waals surface area contributed by atoms with Gasteiger partial charge in [0.25, 0.3) is 0 Å². The average Bonchev–Trinajstić information content (AvgIpc) is 2.09. The van der Waals surface area contributed by atoms with Gasteiger partial charge in [0.05, 0.1) is 10.7 Å². The van der Waals surface area contributed by atoms with E-state index in [9.17, 15) is 4.79 Å². The lowest BCUT2D eigenvalue weighted by molar-refractivity contribution is 0.253. The second-order valence-corrected chi connectivity index (χ2v) is 4.91. The van der Waals surface area contributed by atoms with E-state index in [4.69, 9.17) is 22.7 Å². The van der Waals surface area contributed by atoms with Gasteiger partial charge in [-0.1, -0.05) is 27.5 Å². The Balaban J connectivity index is 2.89. The zero-order valence-corrected chi connectivity index (χ0v) is 11.7. The number of anilines is 1. The monoisotopic (exact) mass is 368 g/mol. The van der Waals surface area contributed by atoms with E-state index in [1.165, 1.54) is 0 Å². The fraction of sp³-hybridized carbons (Fsp3) is 0. The first kappa shape index (κ1) is 13.3. The molecule has 0 fully saturated rings. The van der Waals surface area contributed by atoms with Crippen molar-refractivity contribution >= 4 is 61.1 Å². The fourth-order valence-electron chi connectivity index (χ4n) is 0.941. The molecule has 0 heterocycles.